The summed E-state index contributed by atoms with van der Waals surface area (Å²) in [5.74, 6) is 0. The molecule has 2 aromatic heterocycles. The Bertz CT molecular complexity index is 2900. The van der Waals surface area contributed by atoms with E-state index >= 15 is 0 Å². The number of hydrogen-bond donors (Lipinski definition) is 0. The Balaban J connectivity index is 1.15. The number of rotatable bonds is 4. The summed E-state index contributed by atoms with van der Waals surface area (Å²) >= 11 is 0. The maximum absolute atomic E-state index is 10.4. The van der Waals surface area contributed by atoms with E-state index in [2.05, 4.69) is 106 Å². The highest BCUT2D eigenvalue weighted by molar-refractivity contribution is 6.10. The zero-order chi connectivity index (χ0) is 33.8. The Labute approximate surface area is 287 Å². The molecule has 0 unspecified atom stereocenters. The summed E-state index contributed by atoms with van der Waals surface area (Å²) in [6.45, 7) is 0. The summed E-state index contributed by atoms with van der Waals surface area (Å²) in [5.41, 5.74) is 11.5. The van der Waals surface area contributed by atoms with Crippen molar-refractivity contribution >= 4 is 43.6 Å². The van der Waals surface area contributed by atoms with Crippen LogP contribution in [0, 0.1) is 34.0 Å². The van der Waals surface area contributed by atoms with Crippen LogP contribution in [0.2, 0.25) is 0 Å². The molecule has 0 radical (unpaired) electrons. The van der Waals surface area contributed by atoms with Gasteiger partial charge in [-0.15, -0.1) is 0 Å². The molecule has 5 heteroatoms. The SMILES string of the molecule is N#Cc1ccc(-c2ccc(-c3ccc(-n4c5ccccc5c5cc(C#N)ccc54)cc3C#N)cc2)c(-n2c3ccccc3c3ccccc32)c1. The van der Waals surface area contributed by atoms with Crippen LogP contribution in [-0.4, -0.2) is 9.13 Å². The first-order valence-electron chi connectivity index (χ1n) is 16.3. The normalized spacial score (nSPS) is 11.1. The summed E-state index contributed by atoms with van der Waals surface area (Å²) in [7, 11) is 0. The summed E-state index contributed by atoms with van der Waals surface area (Å²) in [5, 5.41) is 34.1. The lowest BCUT2D eigenvalue weighted by Gasteiger charge is -2.15. The monoisotopic (exact) mass is 635 g/mol. The van der Waals surface area contributed by atoms with E-state index in [1.807, 2.05) is 72.8 Å². The van der Waals surface area contributed by atoms with E-state index in [-0.39, 0.29) is 0 Å². The van der Waals surface area contributed by atoms with Crippen molar-refractivity contribution in [3.63, 3.8) is 0 Å². The Morgan fingerprint density at radius 2 is 0.880 bits per heavy atom. The minimum absolute atomic E-state index is 0.569. The van der Waals surface area contributed by atoms with E-state index in [0.29, 0.717) is 16.7 Å². The fraction of sp³-hybridized carbons (Fsp3) is 0. The summed E-state index contributed by atoms with van der Waals surface area (Å²) in [4.78, 5) is 0. The second-order valence-corrected chi connectivity index (χ2v) is 12.3. The van der Waals surface area contributed by atoms with Crippen molar-refractivity contribution in [1.29, 1.82) is 15.8 Å². The lowest BCUT2D eigenvalue weighted by molar-refractivity contribution is 1.18. The molecule has 50 heavy (non-hydrogen) atoms. The van der Waals surface area contributed by atoms with Gasteiger partial charge in [0.05, 0.1) is 62.7 Å². The molecule has 0 atom stereocenters. The lowest BCUT2D eigenvalue weighted by Crippen LogP contribution is -1.98. The third-order valence-corrected chi connectivity index (χ3v) is 9.64. The molecule has 0 aliphatic heterocycles. The predicted octanol–water partition coefficient (Wildman–Crippen LogP) is 10.8. The van der Waals surface area contributed by atoms with Gasteiger partial charge in [-0.1, -0.05) is 91.0 Å². The smallest absolute Gasteiger partial charge is 0.0998 e. The number of nitrogens with zero attached hydrogens (tertiary/aromatic N) is 5. The van der Waals surface area contributed by atoms with Gasteiger partial charge in [0.25, 0.3) is 0 Å². The van der Waals surface area contributed by atoms with Crippen LogP contribution in [0.25, 0.3) is 77.2 Å². The Hall–Kier alpha value is -7.39. The highest BCUT2D eigenvalue weighted by atomic mass is 15.0. The van der Waals surface area contributed by atoms with E-state index in [1.54, 1.807) is 0 Å². The third kappa shape index (κ3) is 4.38. The van der Waals surface area contributed by atoms with Crippen molar-refractivity contribution in [3.8, 4) is 51.8 Å². The Morgan fingerprint density at radius 1 is 0.380 bits per heavy atom. The summed E-state index contributed by atoms with van der Waals surface area (Å²) < 4.78 is 4.40. The van der Waals surface area contributed by atoms with Gasteiger partial charge in [-0.3, -0.25) is 0 Å². The predicted molar refractivity (Wildman–Crippen MR) is 200 cm³/mol. The molecule has 0 saturated carbocycles. The van der Waals surface area contributed by atoms with Gasteiger partial charge in [-0.25, -0.2) is 0 Å². The first kappa shape index (κ1) is 28.8. The maximum Gasteiger partial charge on any atom is 0.0998 e. The molecular weight excluding hydrogens is 611 g/mol. The van der Waals surface area contributed by atoms with Crippen LogP contribution in [-0.2, 0) is 0 Å². The van der Waals surface area contributed by atoms with Crippen LogP contribution >= 0.6 is 0 Å². The molecule has 0 aliphatic carbocycles. The molecule has 0 spiro atoms. The van der Waals surface area contributed by atoms with Crippen molar-refractivity contribution in [1.82, 2.24) is 9.13 Å². The fourth-order valence-electron chi connectivity index (χ4n) is 7.38. The van der Waals surface area contributed by atoms with Gasteiger partial charge < -0.3 is 9.13 Å². The van der Waals surface area contributed by atoms with E-state index in [0.717, 1.165) is 77.2 Å². The van der Waals surface area contributed by atoms with Crippen LogP contribution in [0.3, 0.4) is 0 Å². The van der Waals surface area contributed by atoms with Crippen LogP contribution in [0.5, 0.6) is 0 Å². The van der Waals surface area contributed by atoms with Crippen molar-refractivity contribution in [2.45, 2.75) is 0 Å². The van der Waals surface area contributed by atoms with Crippen molar-refractivity contribution < 1.29 is 0 Å². The van der Waals surface area contributed by atoms with Crippen LogP contribution < -0.4 is 0 Å². The minimum atomic E-state index is 0.569. The van der Waals surface area contributed by atoms with Gasteiger partial charge in [0.15, 0.2) is 0 Å². The number of aromatic nitrogens is 2. The number of fused-ring (bicyclic) bond motifs is 6. The van der Waals surface area contributed by atoms with Crippen LogP contribution in [0.4, 0.5) is 0 Å². The first-order valence-corrected chi connectivity index (χ1v) is 16.3. The van der Waals surface area contributed by atoms with Gasteiger partial charge in [0.1, 0.15) is 0 Å². The topological polar surface area (TPSA) is 81.2 Å². The van der Waals surface area contributed by atoms with Crippen molar-refractivity contribution in [3.05, 3.63) is 168 Å². The summed E-state index contributed by atoms with van der Waals surface area (Å²) in [6, 6.07) is 57.8. The van der Waals surface area contributed by atoms with E-state index in [9.17, 15) is 15.8 Å². The number of para-hydroxylation sites is 3. The highest BCUT2D eigenvalue weighted by Gasteiger charge is 2.18. The average Bonchev–Trinajstić information content (AvgIpc) is 3.70. The number of nitriles is 3. The molecule has 0 N–H and O–H groups in total. The molecule has 9 aromatic rings. The minimum Gasteiger partial charge on any atom is -0.309 e. The lowest BCUT2D eigenvalue weighted by atomic mass is 9.95. The quantitative estimate of drug-likeness (QED) is 0.193. The van der Waals surface area contributed by atoms with Crippen LogP contribution in [0.15, 0.2) is 152 Å². The second kappa shape index (κ2) is 11.4. The number of hydrogen-bond acceptors (Lipinski definition) is 3. The standard InChI is InChI=1S/C45H25N5/c46-26-29-14-22-44-40(23-29)39-9-3-4-10-41(39)49(44)34-19-21-35(33(25-34)28-48)31-15-17-32(18-16-31)36-20-13-30(27-47)24-45(36)50-42-11-5-1-7-37(42)38-8-2-6-12-43(38)50/h1-25H. The fourth-order valence-corrected chi connectivity index (χ4v) is 7.38. The molecule has 0 fully saturated rings. The van der Waals surface area contributed by atoms with Crippen molar-refractivity contribution in [2.75, 3.05) is 0 Å². The van der Waals surface area contributed by atoms with E-state index < -0.39 is 0 Å². The van der Waals surface area contributed by atoms with Crippen molar-refractivity contribution in [2.24, 2.45) is 0 Å². The van der Waals surface area contributed by atoms with Gasteiger partial charge in [-0.05, 0) is 77.4 Å². The molecule has 0 aliphatic rings. The Kier molecular flexibility index (Phi) is 6.56. The van der Waals surface area contributed by atoms with Gasteiger partial charge >= 0.3 is 0 Å². The van der Waals surface area contributed by atoms with E-state index in [4.69, 9.17) is 0 Å². The first-order chi connectivity index (χ1) is 24.7. The van der Waals surface area contributed by atoms with Gasteiger partial charge in [0, 0.05) is 32.8 Å². The second-order valence-electron chi connectivity index (χ2n) is 12.3. The Morgan fingerprint density at radius 3 is 1.50 bits per heavy atom. The third-order valence-electron chi connectivity index (χ3n) is 9.64. The maximum atomic E-state index is 10.4. The highest BCUT2D eigenvalue weighted by Crippen LogP contribution is 2.38. The summed E-state index contributed by atoms with van der Waals surface area (Å²) in [6.07, 6.45) is 0. The number of benzene rings is 7. The van der Waals surface area contributed by atoms with Gasteiger partial charge in [0.2, 0.25) is 0 Å². The van der Waals surface area contributed by atoms with E-state index in [1.165, 1.54) is 0 Å². The molecule has 0 amide bonds. The average molecular weight is 636 g/mol. The largest absolute Gasteiger partial charge is 0.309 e. The molecule has 2 heterocycles. The molecule has 5 nitrogen and oxygen atoms in total. The van der Waals surface area contributed by atoms with Crippen LogP contribution in [0.1, 0.15) is 16.7 Å². The molecule has 0 bridgehead atoms. The molecular formula is C45H25N5. The molecule has 9 rings (SSSR count). The zero-order valence-electron chi connectivity index (χ0n) is 26.7. The van der Waals surface area contributed by atoms with Gasteiger partial charge in [-0.2, -0.15) is 15.8 Å². The molecule has 230 valence electrons. The molecule has 0 saturated heterocycles. The zero-order valence-corrected chi connectivity index (χ0v) is 26.7. The molecule has 7 aromatic carbocycles.